The second kappa shape index (κ2) is 6.52. The van der Waals surface area contributed by atoms with Gasteiger partial charge in [0.25, 0.3) is 0 Å². The molecule has 1 atom stereocenters. The highest BCUT2D eigenvalue weighted by Crippen LogP contribution is 2.21. The molecule has 1 unspecified atom stereocenters. The fourth-order valence-electron chi connectivity index (χ4n) is 2.11. The molecule has 0 aliphatic carbocycles. The van der Waals surface area contributed by atoms with Crippen LogP contribution >= 0.6 is 0 Å². The van der Waals surface area contributed by atoms with Crippen LogP contribution in [0.25, 0.3) is 0 Å². The van der Waals surface area contributed by atoms with E-state index in [1.54, 1.807) is 12.3 Å². The van der Waals surface area contributed by atoms with Gasteiger partial charge in [-0.2, -0.15) is 5.10 Å². The number of rotatable bonds is 6. The van der Waals surface area contributed by atoms with E-state index in [9.17, 15) is 4.39 Å². The SMILES string of the molecule is CC(N)Cc1cc(F)ccc1OCCc1ccnn1C. The summed E-state index contributed by atoms with van der Waals surface area (Å²) < 4.78 is 20.9. The molecular formula is C15H20FN3O. The van der Waals surface area contributed by atoms with Gasteiger partial charge in [-0.3, -0.25) is 4.68 Å². The molecular weight excluding hydrogens is 257 g/mol. The summed E-state index contributed by atoms with van der Waals surface area (Å²) >= 11 is 0. The first-order valence-electron chi connectivity index (χ1n) is 6.70. The molecule has 0 bridgehead atoms. The van der Waals surface area contributed by atoms with Crippen LogP contribution in [0.4, 0.5) is 4.39 Å². The summed E-state index contributed by atoms with van der Waals surface area (Å²) in [5.74, 6) is 0.436. The van der Waals surface area contributed by atoms with Crippen LogP contribution in [0.2, 0.25) is 0 Å². The van der Waals surface area contributed by atoms with E-state index in [-0.39, 0.29) is 11.9 Å². The summed E-state index contributed by atoms with van der Waals surface area (Å²) in [7, 11) is 1.90. The highest BCUT2D eigenvalue weighted by molar-refractivity contribution is 5.34. The maximum atomic E-state index is 13.3. The molecule has 0 aliphatic heterocycles. The summed E-state index contributed by atoms with van der Waals surface area (Å²) in [5, 5.41) is 4.11. The molecule has 20 heavy (non-hydrogen) atoms. The van der Waals surface area contributed by atoms with E-state index in [1.165, 1.54) is 12.1 Å². The zero-order chi connectivity index (χ0) is 14.5. The van der Waals surface area contributed by atoms with Crippen molar-refractivity contribution in [3.05, 3.63) is 47.5 Å². The molecule has 1 aromatic heterocycles. The molecule has 4 nitrogen and oxygen atoms in total. The average Bonchev–Trinajstić information content (AvgIpc) is 2.77. The van der Waals surface area contributed by atoms with Crippen molar-refractivity contribution in [2.45, 2.75) is 25.8 Å². The molecule has 0 saturated heterocycles. The highest BCUT2D eigenvalue weighted by Gasteiger charge is 2.08. The minimum absolute atomic E-state index is 0.0313. The van der Waals surface area contributed by atoms with Gasteiger partial charge in [-0.25, -0.2) is 4.39 Å². The van der Waals surface area contributed by atoms with E-state index in [4.69, 9.17) is 10.5 Å². The molecule has 0 radical (unpaired) electrons. The van der Waals surface area contributed by atoms with Crippen LogP contribution in [0.3, 0.4) is 0 Å². The Hall–Kier alpha value is -1.88. The number of aryl methyl sites for hydroxylation is 1. The van der Waals surface area contributed by atoms with Gasteiger partial charge < -0.3 is 10.5 Å². The second-order valence-corrected chi connectivity index (χ2v) is 4.98. The lowest BCUT2D eigenvalue weighted by atomic mass is 10.1. The Bertz CT molecular complexity index is 566. The van der Waals surface area contributed by atoms with Crippen LogP contribution in [0.5, 0.6) is 5.75 Å². The fourth-order valence-corrected chi connectivity index (χ4v) is 2.11. The number of nitrogens with zero attached hydrogens (tertiary/aromatic N) is 2. The van der Waals surface area contributed by atoms with Crippen molar-refractivity contribution < 1.29 is 9.13 Å². The van der Waals surface area contributed by atoms with E-state index in [0.717, 1.165) is 17.7 Å². The van der Waals surface area contributed by atoms with Crippen molar-refractivity contribution in [3.8, 4) is 5.75 Å². The van der Waals surface area contributed by atoms with Crippen LogP contribution in [-0.2, 0) is 19.9 Å². The zero-order valence-electron chi connectivity index (χ0n) is 11.8. The Labute approximate surface area is 118 Å². The van der Waals surface area contributed by atoms with Crippen LogP contribution in [0, 0.1) is 5.82 Å². The van der Waals surface area contributed by atoms with Crippen molar-refractivity contribution >= 4 is 0 Å². The van der Waals surface area contributed by atoms with E-state index in [0.29, 0.717) is 18.8 Å². The first-order chi connectivity index (χ1) is 9.56. The van der Waals surface area contributed by atoms with Gasteiger partial charge in [-0.1, -0.05) is 0 Å². The van der Waals surface area contributed by atoms with Gasteiger partial charge >= 0.3 is 0 Å². The third-order valence-electron chi connectivity index (χ3n) is 3.10. The molecule has 2 N–H and O–H groups in total. The second-order valence-electron chi connectivity index (χ2n) is 4.98. The number of nitrogens with two attached hydrogens (primary N) is 1. The molecule has 2 rings (SSSR count). The Morgan fingerprint density at radius 1 is 1.40 bits per heavy atom. The zero-order valence-corrected chi connectivity index (χ0v) is 11.8. The van der Waals surface area contributed by atoms with E-state index >= 15 is 0 Å². The summed E-state index contributed by atoms with van der Waals surface area (Å²) in [6.45, 7) is 2.42. The summed E-state index contributed by atoms with van der Waals surface area (Å²) in [6, 6.07) is 6.48. The van der Waals surface area contributed by atoms with Gasteiger partial charge in [-0.05, 0) is 43.2 Å². The van der Waals surface area contributed by atoms with Gasteiger partial charge in [-0.15, -0.1) is 0 Å². The molecule has 1 aromatic carbocycles. The summed E-state index contributed by atoms with van der Waals surface area (Å²) in [5.41, 5.74) is 7.69. The average molecular weight is 277 g/mol. The van der Waals surface area contributed by atoms with Crippen molar-refractivity contribution in [2.24, 2.45) is 12.8 Å². The molecule has 2 aromatic rings. The topological polar surface area (TPSA) is 53.1 Å². The van der Waals surface area contributed by atoms with Crippen molar-refractivity contribution in [1.29, 1.82) is 0 Å². The summed E-state index contributed by atoms with van der Waals surface area (Å²) in [6.07, 6.45) is 3.11. The fraction of sp³-hybridized carbons (Fsp3) is 0.400. The third-order valence-corrected chi connectivity index (χ3v) is 3.10. The predicted octanol–water partition coefficient (Wildman–Crippen LogP) is 2.07. The number of benzene rings is 1. The van der Waals surface area contributed by atoms with Crippen molar-refractivity contribution in [2.75, 3.05) is 6.61 Å². The number of ether oxygens (including phenoxy) is 1. The van der Waals surface area contributed by atoms with Crippen molar-refractivity contribution in [1.82, 2.24) is 9.78 Å². The predicted molar refractivity (Wildman–Crippen MR) is 76.2 cm³/mol. The van der Waals surface area contributed by atoms with Crippen LogP contribution < -0.4 is 10.5 Å². The smallest absolute Gasteiger partial charge is 0.123 e. The molecule has 0 spiro atoms. The maximum absolute atomic E-state index is 13.3. The normalized spacial score (nSPS) is 12.4. The van der Waals surface area contributed by atoms with Crippen LogP contribution in [-0.4, -0.2) is 22.4 Å². The van der Waals surface area contributed by atoms with Gasteiger partial charge in [0.2, 0.25) is 0 Å². The van der Waals surface area contributed by atoms with E-state index < -0.39 is 0 Å². The van der Waals surface area contributed by atoms with Crippen LogP contribution in [0.1, 0.15) is 18.2 Å². The lowest BCUT2D eigenvalue weighted by molar-refractivity contribution is 0.314. The highest BCUT2D eigenvalue weighted by atomic mass is 19.1. The van der Waals surface area contributed by atoms with Gasteiger partial charge in [0.1, 0.15) is 11.6 Å². The van der Waals surface area contributed by atoms with E-state index in [1.807, 2.05) is 24.7 Å². The minimum Gasteiger partial charge on any atom is -0.493 e. The number of hydrogen-bond donors (Lipinski definition) is 1. The number of hydrogen-bond acceptors (Lipinski definition) is 3. The standard InChI is InChI=1S/C15H20FN3O/c1-11(17)9-12-10-13(16)3-4-15(12)20-8-6-14-5-7-18-19(14)2/h3-5,7,10-11H,6,8-9,17H2,1-2H3. The van der Waals surface area contributed by atoms with Gasteiger partial charge in [0.05, 0.1) is 6.61 Å². The number of aromatic nitrogens is 2. The lowest BCUT2D eigenvalue weighted by Crippen LogP contribution is -2.18. The third kappa shape index (κ3) is 3.81. The van der Waals surface area contributed by atoms with E-state index in [2.05, 4.69) is 5.10 Å². The minimum atomic E-state index is -0.264. The maximum Gasteiger partial charge on any atom is 0.123 e. The quantitative estimate of drug-likeness (QED) is 0.879. The Balaban J connectivity index is 2.00. The molecule has 5 heteroatoms. The van der Waals surface area contributed by atoms with Crippen molar-refractivity contribution in [3.63, 3.8) is 0 Å². The first-order valence-corrected chi connectivity index (χ1v) is 6.70. The van der Waals surface area contributed by atoms with Gasteiger partial charge in [0.15, 0.2) is 0 Å². The molecule has 1 heterocycles. The monoisotopic (exact) mass is 277 g/mol. The first kappa shape index (κ1) is 14.5. The molecule has 108 valence electrons. The summed E-state index contributed by atoms with van der Waals surface area (Å²) in [4.78, 5) is 0. The Morgan fingerprint density at radius 2 is 2.20 bits per heavy atom. The largest absolute Gasteiger partial charge is 0.493 e. The Kier molecular flexibility index (Phi) is 4.74. The molecule has 0 fully saturated rings. The molecule has 0 aliphatic rings. The molecule has 0 amide bonds. The molecule has 0 saturated carbocycles. The van der Waals surface area contributed by atoms with Gasteiger partial charge in [0, 0.05) is 31.4 Å². The number of halogens is 1. The van der Waals surface area contributed by atoms with Crippen LogP contribution in [0.15, 0.2) is 30.5 Å². The lowest BCUT2D eigenvalue weighted by Gasteiger charge is -2.13. The Morgan fingerprint density at radius 3 is 2.85 bits per heavy atom.